The molecule has 1 aromatic carbocycles. The Bertz CT molecular complexity index is 1410. The molecule has 1 fully saturated rings. The van der Waals surface area contributed by atoms with Gasteiger partial charge in [0, 0.05) is 62.8 Å². The first-order valence-electron chi connectivity index (χ1n) is 11.9. The Morgan fingerprint density at radius 2 is 2.05 bits per heavy atom. The number of piperidine rings is 1. The summed E-state index contributed by atoms with van der Waals surface area (Å²) in [5.74, 6) is -2.54. The maximum Gasteiger partial charge on any atom is 0.272 e. The summed E-state index contributed by atoms with van der Waals surface area (Å²) in [6.45, 7) is 2.36. The van der Waals surface area contributed by atoms with E-state index in [2.05, 4.69) is 31.8 Å². The average Bonchev–Trinajstić information content (AvgIpc) is 3.42. The molecule has 2 aliphatic heterocycles. The van der Waals surface area contributed by atoms with Gasteiger partial charge in [-0.2, -0.15) is 10.4 Å². The van der Waals surface area contributed by atoms with Crippen molar-refractivity contribution in [1.29, 1.82) is 5.26 Å². The van der Waals surface area contributed by atoms with Crippen molar-refractivity contribution in [3.8, 4) is 17.3 Å². The number of nitriles is 1. The fourth-order valence-corrected chi connectivity index (χ4v) is 4.69. The third-order valence-electron chi connectivity index (χ3n) is 6.99. The minimum Gasteiger partial charge on any atom is -0.395 e. The topological polar surface area (TPSA) is 132 Å². The quantitative estimate of drug-likeness (QED) is 0.479. The van der Waals surface area contributed by atoms with Crippen molar-refractivity contribution in [2.24, 2.45) is 7.05 Å². The molecule has 1 amide bonds. The number of aliphatic hydroxyl groups is 1. The number of aryl methyl sites for hydroxylation is 1. The molecule has 4 heterocycles. The third kappa shape index (κ3) is 4.58. The highest BCUT2D eigenvalue weighted by atomic mass is 19.3. The van der Waals surface area contributed by atoms with Gasteiger partial charge in [0.1, 0.15) is 11.8 Å². The van der Waals surface area contributed by atoms with Crippen LogP contribution in [0.2, 0.25) is 0 Å². The van der Waals surface area contributed by atoms with E-state index in [-0.39, 0.29) is 50.1 Å². The number of aromatic nitrogens is 4. The second kappa shape index (κ2) is 9.08. The first-order chi connectivity index (χ1) is 17.6. The number of carbonyl (C=O) groups excluding carboxylic acids is 1. The van der Waals surface area contributed by atoms with Crippen LogP contribution in [0.15, 0.2) is 30.5 Å². The lowest BCUT2D eigenvalue weighted by Gasteiger charge is -2.31. The van der Waals surface area contributed by atoms with Gasteiger partial charge in [-0.05, 0) is 23.8 Å². The van der Waals surface area contributed by atoms with Crippen molar-refractivity contribution in [2.45, 2.75) is 31.1 Å². The molecule has 2 aliphatic rings. The lowest BCUT2D eigenvalue weighted by atomic mass is 9.83. The molecule has 37 heavy (non-hydrogen) atoms. The number of hydrogen-bond donors (Lipinski definition) is 3. The van der Waals surface area contributed by atoms with E-state index in [4.69, 9.17) is 0 Å². The Morgan fingerprint density at radius 1 is 1.30 bits per heavy atom. The number of aliphatic hydroxyl groups excluding tert-OH is 1. The molecule has 0 aliphatic carbocycles. The second-order valence-corrected chi connectivity index (χ2v) is 9.71. The molecular formula is C25H26F2N8O2. The van der Waals surface area contributed by atoms with Crippen LogP contribution < -0.4 is 10.6 Å². The van der Waals surface area contributed by atoms with Crippen LogP contribution in [0.1, 0.15) is 41.4 Å². The zero-order chi connectivity index (χ0) is 26.4. The van der Waals surface area contributed by atoms with Crippen LogP contribution in [-0.2, 0) is 12.5 Å². The number of nitrogens with zero attached hydrogens (tertiary/aromatic N) is 6. The Labute approximate surface area is 211 Å². The molecule has 0 saturated carbocycles. The SMILES string of the molecule is Cn1nc(Nc2nccc(-c3cc(C#N)c4c(c3)C(C)(CO)CN4)n2)cc1C(=O)N1CCC(F)(F)CC1. The first-order valence-corrected chi connectivity index (χ1v) is 11.9. The Balaban J connectivity index is 1.38. The zero-order valence-corrected chi connectivity index (χ0v) is 20.4. The molecule has 0 bridgehead atoms. The lowest BCUT2D eigenvalue weighted by molar-refractivity contribution is -0.0495. The van der Waals surface area contributed by atoms with E-state index >= 15 is 0 Å². The zero-order valence-electron chi connectivity index (χ0n) is 20.4. The van der Waals surface area contributed by atoms with Crippen molar-refractivity contribution in [3.05, 3.63) is 47.3 Å². The number of carbonyl (C=O) groups is 1. The van der Waals surface area contributed by atoms with Crippen LogP contribution >= 0.6 is 0 Å². The molecule has 12 heteroatoms. The van der Waals surface area contributed by atoms with E-state index in [0.29, 0.717) is 29.2 Å². The summed E-state index contributed by atoms with van der Waals surface area (Å²) in [5.41, 5.74) is 3.02. The molecule has 10 nitrogen and oxygen atoms in total. The van der Waals surface area contributed by atoms with Gasteiger partial charge in [-0.25, -0.2) is 18.7 Å². The smallest absolute Gasteiger partial charge is 0.272 e. The summed E-state index contributed by atoms with van der Waals surface area (Å²) in [6, 6.07) is 9.11. The molecule has 192 valence electrons. The lowest BCUT2D eigenvalue weighted by Crippen LogP contribution is -2.43. The maximum absolute atomic E-state index is 13.5. The van der Waals surface area contributed by atoms with Crippen molar-refractivity contribution < 1.29 is 18.7 Å². The molecule has 1 unspecified atom stereocenters. The molecule has 1 saturated heterocycles. The predicted octanol–water partition coefficient (Wildman–Crippen LogP) is 3.04. The predicted molar refractivity (Wildman–Crippen MR) is 132 cm³/mol. The van der Waals surface area contributed by atoms with Gasteiger partial charge in [-0.1, -0.05) is 6.92 Å². The second-order valence-electron chi connectivity index (χ2n) is 9.71. The highest BCUT2D eigenvalue weighted by Gasteiger charge is 2.37. The minimum absolute atomic E-state index is 0.0127. The first kappa shape index (κ1) is 24.6. The third-order valence-corrected chi connectivity index (χ3v) is 6.99. The molecular weight excluding hydrogens is 482 g/mol. The molecule has 2 aromatic heterocycles. The molecule has 5 rings (SSSR count). The Kier molecular flexibility index (Phi) is 6.03. The average molecular weight is 509 g/mol. The fraction of sp³-hybridized carbons (Fsp3) is 0.400. The number of benzene rings is 1. The van der Waals surface area contributed by atoms with Crippen molar-refractivity contribution in [3.63, 3.8) is 0 Å². The van der Waals surface area contributed by atoms with Crippen LogP contribution in [0.25, 0.3) is 11.3 Å². The Hall–Kier alpha value is -4.11. The summed E-state index contributed by atoms with van der Waals surface area (Å²) in [5, 5.41) is 30.2. The summed E-state index contributed by atoms with van der Waals surface area (Å²) in [6.07, 6.45) is 0.856. The summed E-state index contributed by atoms with van der Waals surface area (Å²) >= 11 is 0. The largest absolute Gasteiger partial charge is 0.395 e. The van der Waals surface area contributed by atoms with Crippen LogP contribution in [-0.4, -0.2) is 67.8 Å². The number of amides is 1. The minimum atomic E-state index is -2.74. The van der Waals surface area contributed by atoms with Crippen molar-refractivity contribution in [1.82, 2.24) is 24.6 Å². The highest BCUT2D eigenvalue weighted by Crippen LogP contribution is 2.41. The van der Waals surface area contributed by atoms with Gasteiger partial charge < -0.3 is 20.6 Å². The monoisotopic (exact) mass is 508 g/mol. The number of fused-ring (bicyclic) bond motifs is 1. The van der Waals surface area contributed by atoms with Crippen molar-refractivity contribution >= 4 is 23.4 Å². The van der Waals surface area contributed by atoms with E-state index in [1.165, 1.54) is 15.6 Å². The molecule has 3 N–H and O–H groups in total. The van der Waals surface area contributed by atoms with Gasteiger partial charge in [0.05, 0.1) is 23.6 Å². The van der Waals surface area contributed by atoms with Gasteiger partial charge in [0.15, 0.2) is 5.82 Å². The van der Waals surface area contributed by atoms with Gasteiger partial charge in [0.25, 0.3) is 11.8 Å². The summed E-state index contributed by atoms with van der Waals surface area (Å²) in [4.78, 5) is 23.1. The van der Waals surface area contributed by atoms with Crippen LogP contribution in [0.5, 0.6) is 0 Å². The van der Waals surface area contributed by atoms with Gasteiger partial charge in [-0.15, -0.1) is 0 Å². The number of nitrogens with one attached hydrogen (secondary N) is 2. The van der Waals surface area contributed by atoms with Crippen LogP contribution in [0, 0.1) is 11.3 Å². The number of alkyl halides is 2. The number of likely N-dealkylation sites (tertiary alicyclic amines) is 1. The van der Waals surface area contributed by atoms with E-state index in [1.54, 1.807) is 25.4 Å². The van der Waals surface area contributed by atoms with E-state index < -0.39 is 11.3 Å². The number of rotatable bonds is 5. The van der Waals surface area contributed by atoms with E-state index in [1.807, 2.05) is 13.0 Å². The summed E-state index contributed by atoms with van der Waals surface area (Å²) in [7, 11) is 1.61. The van der Waals surface area contributed by atoms with Crippen LogP contribution in [0.4, 0.5) is 26.2 Å². The standard InChI is InChI=1S/C25H26F2N8O2/c1-24(14-36)13-30-21-16(12-28)9-15(10-17(21)24)18-3-6-29-23(31-18)32-20-11-19(34(2)33-20)22(37)35-7-4-25(26,27)5-8-35/h3,6,9-11,30,36H,4-5,7-8,13-14H2,1-2H3,(H,29,31,32,33). The molecule has 0 radical (unpaired) electrons. The maximum atomic E-state index is 13.5. The van der Waals surface area contributed by atoms with E-state index in [9.17, 15) is 23.9 Å². The van der Waals surface area contributed by atoms with Gasteiger partial charge in [-0.3, -0.25) is 9.48 Å². The fourth-order valence-electron chi connectivity index (χ4n) is 4.69. The Morgan fingerprint density at radius 3 is 2.76 bits per heavy atom. The molecule has 3 aromatic rings. The summed E-state index contributed by atoms with van der Waals surface area (Å²) < 4.78 is 28.3. The molecule has 1 atom stereocenters. The van der Waals surface area contributed by atoms with Crippen LogP contribution in [0.3, 0.4) is 0 Å². The van der Waals surface area contributed by atoms with Gasteiger partial charge in [0.2, 0.25) is 5.95 Å². The van der Waals surface area contributed by atoms with Crippen molar-refractivity contribution in [2.75, 3.05) is 36.9 Å². The number of halogens is 2. The molecule has 0 spiro atoms. The number of hydrogen-bond acceptors (Lipinski definition) is 8. The van der Waals surface area contributed by atoms with Gasteiger partial charge >= 0.3 is 0 Å². The van der Waals surface area contributed by atoms with E-state index in [0.717, 1.165) is 11.3 Å². The number of anilines is 3. The highest BCUT2D eigenvalue weighted by molar-refractivity contribution is 5.93. The normalized spacial score (nSPS) is 20.2.